The van der Waals surface area contributed by atoms with E-state index in [1.54, 1.807) is 12.1 Å². The molecular formula is C21H26N2O5S2. The standard InChI is InChI=1S/C21H26N2O5S2/c1-3-29(25,26)20-13-5-4-12-19(20)22-21(24)17-10-8-11-18(15-17)30(27,28)23-14-7-6-9-16(23)2/h4-5,8,10-13,15-16H,3,6-7,9,14H2,1-2H3,(H,22,24). The SMILES string of the molecule is CCS(=O)(=O)c1ccccc1NC(=O)c1cccc(S(=O)(=O)N2CCCCC2C)c1. The number of hydrogen-bond donors (Lipinski definition) is 1. The second-order valence-corrected chi connectivity index (χ2v) is 11.5. The third-order valence-electron chi connectivity index (χ3n) is 5.30. The molecule has 2 aromatic rings. The average molecular weight is 451 g/mol. The number of carbonyl (C=O) groups excluding carboxylic acids is 1. The summed E-state index contributed by atoms with van der Waals surface area (Å²) in [7, 11) is -7.24. The van der Waals surface area contributed by atoms with E-state index in [-0.39, 0.29) is 32.8 Å². The van der Waals surface area contributed by atoms with E-state index in [4.69, 9.17) is 0 Å². The largest absolute Gasteiger partial charge is 0.321 e. The molecule has 1 aliphatic heterocycles. The average Bonchev–Trinajstić information content (AvgIpc) is 2.74. The van der Waals surface area contributed by atoms with Crippen LogP contribution in [0.1, 0.15) is 43.5 Å². The van der Waals surface area contributed by atoms with Gasteiger partial charge in [0.1, 0.15) is 0 Å². The minimum Gasteiger partial charge on any atom is -0.321 e. The third-order valence-corrected chi connectivity index (χ3v) is 9.09. The highest BCUT2D eigenvalue weighted by Crippen LogP contribution is 2.26. The Kier molecular flexibility index (Phi) is 6.64. The molecule has 3 rings (SSSR count). The molecule has 0 aromatic heterocycles. The molecule has 0 spiro atoms. The molecule has 7 nitrogen and oxygen atoms in total. The van der Waals surface area contributed by atoms with Gasteiger partial charge < -0.3 is 5.32 Å². The molecule has 1 fully saturated rings. The zero-order chi connectivity index (χ0) is 21.9. The van der Waals surface area contributed by atoms with E-state index in [9.17, 15) is 21.6 Å². The van der Waals surface area contributed by atoms with Crippen LogP contribution < -0.4 is 5.32 Å². The molecule has 0 bridgehead atoms. The number of benzene rings is 2. The predicted octanol–water partition coefficient (Wildman–Crippen LogP) is 3.30. The van der Waals surface area contributed by atoms with Crippen LogP contribution in [0.2, 0.25) is 0 Å². The number of amides is 1. The summed E-state index contributed by atoms with van der Waals surface area (Å²) < 4.78 is 52.2. The van der Waals surface area contributed by atoms with Crippen LogP contribution in [-0.4, -0.2) is 45.4 Å². The zero-order valence-corrected chi connectivity index (χ0v) is 18.7. The van der Waals surface area contributed by atoms with E-state index in [1.807, 2.05) is 6.92 Å². The Labute approximate surface area is 178 Å². The van der Waals surface area contributed by atoms with E-state index in [1.165, 1.54) is 47.6 Å². The van der Waals surface area contributed by atoms with Crippen molar-refractivity contribution in [3.8, 4) is 0 Å². The van der Waals surface area contributed by atoms with Crippen LogP contribution in [0.4, 0.5) is 5.69 Å². The van der Waals surface area contributed by atoms with Crippen LogP contribution in [0.5, 0.6) is 0 Å². The van der Waals surface area contributed by atoms with Gasteiger partial charge in [0.2, 0.25) is 10.0 Å². The Balaban J connectivity index is 1.90. The molecule has 1 aliphatic rings. The maximum Gasteiger partial charge on any atom is 0.255 e. The molecule has 1 atom stereocenters. The summed E-state index contributed by atoms with van der Waals surface area (Å²) in [6.45, 7) is 3.88. The van der Waals surface area contributed by atoms with Crippen molar-refractivity contribution >= 4 is 31.5 Å². The van der Waals surface area contributed by atoms with Gasteiger partial charge in [-0.25, -0.2) is 16.8 Å². The number of piperidine rings is 1. The van der Waals surface area contributed by atoms with E-state index in [2.05, 4.69) is 5.32 Å². The van der Waals surface area contributed by atoms with Crippen molar-refractivity contribution in [1.29, 1.82) is 0 Å². The molecule has 1 unspecified atom stereocenters. The second kappa shape index (κ2) is 8.87. The van der Waals surface area contributed by atoms with Gasteiger partial charge >= 0.3 is 0 Å². The number of sulfonamides is 1. The summed E-state index contributed by atoms with van der Waals surface area (Å²) in [5.41, 5.74) is 0.312. The predicted molar refractivity (Wildman–Crippen MR) is 116 cm³/mol. The van der Waals surface area contributed by atoms with Crippen molar-refractivity contribution in [2.24, 2.45) is 0 Å². The first-order valence-corrected chi connectivity index (χ1v) is 13.0. The molecule has 0 radical (unpaired) electrons. The second-order valence-electron chi connectivity index (χ2n) is 7.34. The summed E-state index contributed by atoms with van der Waals surface area (Å²) in [5.74, 6) is -0.667. The summed E-state index contributed by atoms with van der Waals surface area (Å²) in [5, 5.41) is 2.61. The molecule has 1 heterocycles. The van der Waals surface area contributed by atoms with Gasteiger partial charge in [0.15, 0.2) is 9.84 Å². The van der Waals surface area contributed by atoms with Crippen LogP contribution >= 0.6 is 0 Å². The van der Waals surface area contributed by atoms with Crippen molar-refractivity contribution in [3.63, 3.8) is 0 Å². The Morgan fingerprint density at radius 1 is 1.07 bits per heavy atom. The Bertz CT molecular complexity index is 1140. The number of carbonyl (C=O) groups is 1. The van der Waals surface area contributed by atoms with Gasteiger partial charge in [-0.2, -0.15) is 4.31 Å². The lowest BCUT2D eigenvalue weighted by molar-refractivity contribution is 0.102. The molecule has 9 heteroatoms. The first-order chi connectivity index (χ1) is 14.2. The topological polar surface area (TPSA) is 101 Å². The van der Waals surface area contributed by atoms with Gasteiger partial charge in [-0.05, 0) is 50.1 Å². The Hall–Kier alpha value is -2.23. The van der Waals surface area contributed by atoms with Crippen LogP contribution in [0.3, 0.4) is 0 Å². The summed E-state index contributed by atoms with van der Waals surface area (Å²) >= 11 is 0. The van der Waals surface area contributed by atoms with E-state index in [0.717, 1.165) is 19.3 Å². The van der Waals surface area contributed by atoms with Gasteiger partial charge in [0, 0.05) is 18.2 Å². The van der Waals surface area contributed by atoms with Gasteiger partial charge in [-0.3, -0.25) is 4.79 Å². The van der Waals surface area contributed by atoms with E-state index in [0.29, 0.717) is 6.54 Å². The number of sulfone groups is 1. The lowest BCUT2D eigenvalue weighted by Crippen LogP contribution is -2.41. The number of rotatable bonds is 6. The maximum atomic E-state index is 13.1. The number of anilines is 1. The van der Waals surface area contributed by atoms with Gasteiger partial charge in [-0.1, -0.05) is 31.5 Å². The lowest BCUT2D eigenvalue weighted by Gasteiger charge is -2.32. The molecule has 2 aromatic carbocycles. The first kappa shape index (κ1) is 22.5. The smallest absolute Gasteiger partial charge is 0.255 e. The van der Waals surface area contributed by atoms with Crippen LogP contribution in [-0.2, 0) is 19.9 Å². The van der Waals surface area contributed by atoms with Crippen LogP contribution in [0, 0.1) is 0 Å². The first-order valence-electron chi connectivity index (χ1n) is 9.92. The monoisotopic (exact) mass is 450 g/mol. The lowest BCUT2D eigenvalue weighted by atomic mass is 10.1. The molecule has 0 saturated carbocycles. The normalized spacial score (nSPS) is 18.1. The van der Waals surface area contributed by atoms with Crippen molar-refractivity contribution in [1.82, 2.24) is 4.31 Å². The van der Waals surface area contributed by atoms with Crippen molar-refractivity contribution < 1.29 is 21.6 Å². The van der Waals surface area contributed by atoms with Crippen molar-refractivity contribution in [3.05, 3.63) is 54.1 Å². The highest BCUT2D eigenvalue weighted by atomic mass is 32.2. The molecule has 1 saturated heterocycles. The highest BCUT2D eigenvalue weighted by molar-refractivity contribution is 7.91. The van der Waals surface area contributed by atoms with Gasteiger partial charge in [0.05, 0.1) is 21.2 Å². The third kappa shape index (κ3) is 4.58. The Morgan fingerprint density at radius 3 is 2.50 bits per heavy atom. The minimum atomic E-state index is -3.72. The zero-order valence-electron chi connectivity index (χ0n) is 17.0. The molecule has 1 N–H and O–H groups in total. The molecule has 0 aliphatic carbocycles. The fourth-order valence-corrected chi connectivity index (χ4v) is 6.35. The minimum absolute atomic E-state index is 0.0340. The fourth-order valence-electron chi connectivity index (χ4n) is 3.55. The van der Waals surface area contributed by atoms with E-state index >= 15 is 0 Å². The summed E-state index contributed by atoms with van der Waals surface area (Å²) in [6.07, 6.45) is 2.62. The molecule has 162 valence electrons. The quantitative estimate of drug-likeness (QED) is 0.728. The molecular weight excluding hydrogens is 424 g/mol. The van der Waals surface area contributed by atoms with Gasteiger partial charge in [0.25, 0.3) is 5.91 Å². The number of hydrogen-bond acceptors (Lipinski definition) is 5. The fraction of sp³-hybridized carbons (Fsp3) is 0.381. The maximum absolute atomic E-state index is 13.1. The van der Waals surface area contributed by atoms with E-state index < -0.39 is 25.8 Å². The summed E-state index contributed by atoms with van der Waals surface area (Å²) in [6, 6.07) is 11.9. The molecule has 30 heavy (non-hydrogen) atoms. The van der Waals surface area contributed by atoms with Crippen LogP contribution in [0.15, 0.2) is 58.3 Å². The van der Waals surface area contributed by atoms with Gasteiger partial charge in [-0.15, -0.1) is 0 Å². The number of nitrogens with one attached hydrogen (secondary N) is 1. The highest BCUT2D eigenvalue weighted by Gasteiger charge is 2.31. The Morgan fingerprint density at radius 2 is 1.80 bits per heavy atom. The number of nitrogens with zero attached hydrogens (tertiary/aromatic N) is 1. The van der Waals surface area contributed by atoms with Crippen molar-refractivity contribution in [2.75, 3.05) is 17.6 Å². The molecule has 1 amide bonds. The van der Waals surface area contributed by atoms with Crippen molar-refractivity contribution in [2.45, 2.75) is 48.9 Å². The number of para-hydroxylation sites is 1. The summed E-state index contributed by atoms with van der Waals surface area (Å²) in [4.78, 5) is 12.9. The van der Waals surface area contributed by atoms with Crippen LogP contribution in [0.25, 0.3) is 0 Å².